The smallest absolute Gasteiger partial charge is 0.339 e. The molecule has 1 aromatic carbocycles. The van der Waals surface area contributed by atoms with Gasteiger partial charge in [-0.2, -0.15) is 11.8 Å². The van der Waals surface area contributed by atoms with Crippen molar-refractivity contribution in [3.8, 4) is 0 Å². The highest BCUT2D eigenvalue weighted by Crippen LogP contribution is 2.24. The number of benzene rings is 1. The third kappa shape index (κ3) is 4.76. The van der Waals surface area contributed by atoms with Gasteiger partial charge in [-0.25, -0.2) is 4.79 Å². The number of carboxylic acid groups (broad SMARTS) is 1. The van der Waals surface area contributed by atoms with Gasteiger partial charge < -0.3 is 15.5 Å². The summed E-state index contributed by atoms with van der Waals surface area (Å²) in [5, 5.41) is 21.0. The van der Waals surface area contributed by atoms with Crippen LogP contribution >= 0.6 is 23.4 Å². The molecule has 0 aliphatic carbocycles. The number of thioether (sulfide) groups is 1. The summed E-state index contributed by atoms with van der Waals surface area (Å²) in [4.78, 5) is 11.1. The standard InChI is InChI=1S/C12H16ClNO3S/c13-9-3-1-4-10(11(9)12(16)17)14-5-8-18-7-2-6-15/h1,3-4,14-15H,2,5-8H2,(H,16,17). The van der Waals surface area contributed by atoms with E-state index < -0.39 is 5.97 Å². The molecular weight excluding hydrogens is 274 g/mol. The number of aliphatic hydroxyl groups excluding tert-OH is 1. The van der Waals surface area contributed by atoms with Crippen LogP contribution in [0.4, 0.5) is 5.69 Å². The summed E-state index contributed by atoms with van der Waals surface area (Å²) in [6.45, 7) is 0.870. The second-order valence-corrected chi connectivity index (χ2v) is 5.22. The number of carboxylic acids is 1. The van der Waals surface area contributed by atoms with Crippen LogP contribution in [0.5, 0.6) is 0 Å². The maximum atomic E-state index is 11.1. The third-order valence-corrected chi connectivity index (χ3v) is 3.62. The molecule has 0 unspecified atom stereocenters. The molecular formula is C12H16ClNO3S. The normalized spacial score (nSPS) is 10.3. The Kier molecular flexibility index (Phi) is 6.93. The van der Waals surface area contributed by atoms with Gasteiger partial charge >= 0.3 is 5.97 Å². The number of anilines is 1. The Balaban J connectivity index is 2.47. The van der Waals surface area contributed by atoms with Crippen LogP contribution in [-0.2, 0) is 0 Å². The first-order chi connectivity index (χ1) is 8.66. The zero-order valence-electron chi connectivity index (χ0n) is 9.86. The van der Waals surface area contributed by atoms with Gasteiger partial charge in [0.1, 0.15) is 5.56 Å². The molecule has 0 saturated heterocycles. The Morgan fingerprint density at radius 2 is 2.17 bits per heavy atom. The van der Waals surface area contributed by atoms with E-state index >= 15 is 0 Å². The second kappa shape index (κ2) is 8.24. The van der Waals surface area contributed by atoms with Crippen LogP contribution < -0.4 is 5.32 Å². The van der Waals surface area contributed by atoms with E-state index in [1.54, 1.807) is 30.0 Å². The van der Waals surface area contributed by atoms with Crippen LogP contribution in [0.3, 0.4) is 0 Å². The molecule has 0 aromatic heterocycles. The van der Waals surface area contributed by atoms with E-state index in [-0.39, 0.29) is 17.2 Å². The third-order valence-electron chi connectivity index (χ3n) is 2.24. The average molecular weight is 290 g/mol. The molecule has 0 radical (unpaired) electrons. The summed E-state index contributed by atoms with van der Waals surface area (Å²) >= 11 is 7.56. The van der Waals surface area contributed by atoms with Crippen LogP contribution in [0.25, 0.3) is 0 Å². The molecule has 0 aliphatic heterocycles. The Labute approximate surface area is 115 Å². The first-order valence-corrected chi connectivity index (χ1v) is 7.14. The van der Waals surface area contributed by atoms with Crippen molar-refractivity contribution in [2.24, 2.45) is 0 Å². The lowest BCUT2D eigenvalue weighted by Gasteiger charge is -2.10. The summed E-state index contributed by atoms with van der Waals surface area (Å²) < 4.78 is 0. The fraction of sp³-hybridized carbons (Fsp3) is 0.417. The molecule has 3 N–H and O–H groups in total. The number of hydrogen-bond acceptors (Lipinski definition) is 4. The summed E-state index contributed by atoms with van der Waals surface area (Å²) in [6, 6.07) is 4.98. The summed E-state index contributed by atoms with van der Waals surface area (Å²) in [5.74, 6) is 0.724. The molecule has 0 aliphatic rings. The van der Waals surface area contributed by atoms with E-state index in [9.17, 15) is 4.79 Å². The topological polar surface area (TPSA) is 69.6 Å². The van der Waals surface area contributed by atoms with Crippen LogP contribution in [0.1, 0.15) is 16.8 Å². The molecule has 1 rings (SSSR count). The number of aliphatic hydroxyl groups is 1. The summed E-state index contributed by atoms with van der Waals surface area (Å²) in [7, 11) is 0. The average Bonchev–Trinajstić information content (AvgIpc) is 2.33. The van der Waals surface area contributed by atoms with Crippen molar-refractivity contribution in [1.82, 2.24) is 0 Å². The number of hydrogen-bond donors (Lipinski definition) is 3. The number of nitrogens with one attached hydrogen (secondary N) is 1. The van der Waals surface area contributed by atoms with Gasteiger partial charge in [0.15, 0.2) is 0 Å². The molecule has 6 heteroatoms. The van der Waals surface area contributed by atoms with Crippen LogP contribution in [0.15, 0.2) is 18.2 Å². The van der Waals surface area contributed by atoms with Crippen LogP contribution in [-0.4, -0.2) is 40.8 Å². The molecule has 18 heavy (non-hydrogen) atoms. The van der Waals surface area contributed by atoms with Crippen molar-refractivity contribution < 1.29 is 15.0 Å². The zero-order chi connectivity index (χ0) is 13.4. The predicted octanol–water partition coefficient (Wildman–Crippen LogP) is 2.57. The molecule has 0 spiro atoms. The fourth-order valence-electron chi connectivity index (χ4n) is 1.42. The van der Waals surface area contributed by atoms with Gasteiger partial charge in [-0.05, 0) is 24.3 Å². The van der Waals surface area contributed by atoms with E-state index in [4.69, 9.17) is 21.8 Å². The highest BCUT2D eigenvalue weighted by atomic mass is 35.5. The SMILES string of the molecule is O=C(O)c1c(Cl)cccc1NCCSCCCO. The Morgan fingerprint density at radius 3 is 2.83 bits per heavy atom. The van der Waals surface area contributed by atoms with E-state index in [1.165, 1.54) is 0 Å². The van der Waals surface area contributed by atoms with Gasteiger partial charge in [-0.3, -0.25) is 0 Å². The molecule has 1 aromatic rings. The number of aromatic carboxylic acids is 1. The van der Waals surface area contributed by atoms with Crippen LogP contribution in [0, 0.1) is 0 Å². The van der Waals surface area contributed by atoms with Gasteiger partial charge in [0.2, 0.25) is 0 Å². The predicted molar refractivity (Wildman–Crippen MR) is 75.9 cm³/mol. The van der Waals surface area contributed by atoms with E-state index in [2.05, 4.69) is 5.32 Å². The van der Waals surface area contributed by atoms with E-state index in [1.807, 2.05) is 0 Å². The van der Waals surface area contributed by atoms with E-state index in [0.717, 1.165) is 17.9 Å². The largest absolute Gasteiger partial charge is 0.478 e. The van der Waals surface area contributed by atoms with Gasteiger partial charge in [0.05, 0.1) is 10.7 Å². The highest BCUT2D eigenvalue weighted by molar-refractivity contribution is 7.99. The minimum absolute atomic E-state index is 0.111. The van der Waals surface area contributed by atoms with Crippen molar-refractivity contribution in [3.05, 3.63) is 28.8 Å². The molecule has 100 valence electrons. The molecule has 0 saturated carbocycles. The molecule has 4 nitrogen and oxygen atoms in total. The first kappa shape index (κ1) is 15.1. The van der Waals surface area contributed by atoms with E-state index in [0.29, 0.717) is 12.2 Å². The monoisotopic (exact) mass is 289 g/mol. The zero-order valence-corrected chi connectivity index (χ0v) is 11.4. The second-order valence-electron chi connectivity index (χ2n) is 3.58. The summed E-state index contributed by atoms with van der Waals surface area (Å²) in [6.07, 6.45) is 0.780. The van der Waals surface area contributed by atoms with Gasteiger partial charge in [0, 0.05) is 18.9 Å². The molecule has 0 bridgehead atoms. The lowest BCUT2D eigenvalue weighted by Crippen LogP contribution is -2.10. The summed E-state index contributed by atoms with van der Waals surface area (Å²) in [5.41, 5.74) is 0.650. The molecule has 0 amide bonds. The number of carbonyl (C=O) groups is 1. The number of halogens is 1. The lowest BCUT2D eigenvalue weighted by atomic mass is 10.2. The quantitative estimate of drug-likeness (QED) is 0.642. The van der Waals surface area contributed by atoms with Crippen molar-refractivity contribution in [2.75, 3.05) is 30.0 Å². The lowest BCUT2D eigenvalue weighted by molar-refractivity contribution is 0.0698. The van der Waals surface area contributed by atoms with Crippen molar-refractivity contribution in [2.45, 2.75) is 6.42 Å². The van der Waals surface area contributed by atoms with Gasteiger partial charge in [0.25, 0.3) is 0 Å². The van der Waals surface area contributed by atoms with Crippen molar-refractivity contribution >= 4 is 35.0 Å². The molecule has 0 fully saturated rings. The van der Waals surface area contributed by atoms with Gasteiger partial charge in [-0.1, -0.05) is 17.7 Å². The highest BCUT2D eigenvalue weighted by Gasteiger charge is 2.13. The van der Waals surface area contributed by atoms with Gasteiger partial charge in [-0.15, -0.1) is 0 Å². The first-order valence-electron chi connectivity index (χ1n) is 5.61. The minimum Gasteiger partial charge on any atom is -0.478 e. The Bertz CT molecular complexity index is 401. The minimum atomic E-state index is -1.03. The van der Waals surface area contributed by atoms with Crippen molar-refractivity contribution in [3.63, 3.8) is 0 Å². The number of rotatable bonds is 8. The maximum Gasteiger partial charge on any atom is 0.339 e. The van der Waals surface area contributed by atoms with Crippen molar-refractivity contribution in [1.29, 1.82) is 0 Å². The molecule has 0 heterocycles. The molecule has 0 atom stereocenters. The fourth-order valence-corrected chi connectivity index (χ4v) is 2.45. The Morgan fingerprint density at radius 1 is 1.39 bits per heavy atom. The van der Waals surface area contributed by atoms with Crippen LogP contribution in [0.2, 0.25) is 5.02 Å². The maximum absolute atomic E-state index is 11.1. The Hall–Kier alpha value is -0.910.